The number of hydroxylamine groups is 1. The Morgan fingerprint density at radius 3 is 2.89 bits per heavy atom. The summed E-state index contributed by atoms with van der Waals surface area (Å²) in [6, 6.07) is 5.78. The highest BCUT2D eigenvalue weighted by atomic mass is 32.2. The smallest absolute Gasteiger partial charge is 0.268 e. The third kappa shape index (κ3) is 4.48. The predicted octanol–water partition coefficient (Wildman–Crippen LogP) is 1.71. The van der Waals surface area contributed by atoms with E-state index >= 15 is 0 Å². The van der Waals surface area contributed by atoms with Gasteiger partial charge in [-0.3, -0.25) is 14.5 Å². The molecule has 0 spiro atoms. The summed E-state index contributed by atoms with van der Waals surface area (Å²) >= 11 is 0. The Morgan fingerprint density at radius 1 is 1.41 bits per heavy atom. The highest BCUT2D eigenvalue weighted by Gasteiger charge is 2.33. The van der Waals surface area contributed by atoms with Gasteiger partial charge in [0.2, 0.25) is 0 Å². The van der Waals surface area contributed by atoms with E-state index in [2.05, 4.69) is 15.2 Å². The molecule has 1 amide bonds. The summed E-state index contributed by atoms with van der Waals surface area (Å²) in [5.74, 6) is -0.347. The molecule has 8 nitrogen and oxygen atoms in total. The molecule has 0 radical (unpaired) electrons. The van der Waals surface area contributed by atoms with E-state index in [0.717, 1.165) is 19.3 Å². The van der Waals surface area contributed by atoms with Crippen LogP contribution in [0.25, 0.3) is 0 Å². The molecule has 3 rings (SSSR count). The second-order valence-electron chi connectivity index (χ2n) is 6.79. The molecule has 0 unspecified atom stereocenters. The van der Waals surface area contributed by atoms with Gasteiger partial charge in [0, 0.05) is 18.6 Å². The van der Waals surface area contributed by atoms with E-state index in [1.807, 2.05) is 13.8 Å². The first-order valence-corrected chi connectivity index (χ1v) is 10.7. The van der Waals surface area contributed by atoms with Crippen LogP contribution < -0.4 is 10.2 Å². The van der Waals surface area contributed by atoms with Crippen molar-refractivity contribution < 1.29 is 22.8 Å². The number of nitrogens with one attached hydrogen (secondary N) is 2. The summed E-state index contributed by atoms with van der Waals surface area (Å²) in [5.41, 5.74) is 2.91. The van der Waals surface area contributed by atoms with Crippen LogP contribution in [0.1, 0.15) is 45.1 Å². The van der Waals surface area contributed by atoms with E-state index in [4.69, 9.17) is 9.57 Å². The van der Waals surface area contributed by atoms with Gasteiger partial charge in [-0.05, 0) is 30.9 Å². The molecule has 2 aliphatic heterocycles. The fourth-order valence-electron chi connectivity index (χ4n) is 3.02. The van der Waals surface area contributed by atoms with Crippen molar-refractivity contribution in [3.8, 4) is 0 Å². The number of carbonyl (C=O) groups excluding carboxylic acids is 1. The summed E-state index contributed by atoms with van der Waals surface area (Å²) in [4.78, 5) is 22.6. The number of hydrogen-bond acceptors (Lipinski definition) is 6. The van der Waals surface area contributed by atoms with Crippen molar-refractivity contribution in [1.82, 2.24) is 10.2 Å². The number of fused-ring (bicyclic) bond motifs is 1. The Hall–Kier alpha value is -1.97. The number of hydrogen-bond donors (Lipinski definition) is 2. The van der Waals surface area contributed by atoms with Gasteiger partial charge >= 0.3 is 0 Å². The first-order chi connectivity index (χ1) is 12.9. The lowest BCUT2D eigenvalue weighted by molar-refractivity contribution is -0.201. The number of aliphatic imine (C=N–C) groups is 1. The van der Waals surface area contributed by atoms with E-state index in [1.165, 1.54) is 6.07 Å². The van der Waals surface area contributed by atoms with Crippen molar-refractivity contribution in [2.45, 2.75) is 56.8 Å². The Bertz CT molecular complexity index is 818. The Morgan fingerprint density at radius 2 is 2.19 bits per heavy atom. The van der Waals surface area contributed by atoms with Gasteiger partial charge < -0.3 is 4.74 Å². The topological polar surface area (TPSA) is 106 Å². The molecular weight excluding hydrogens is 370 g/mol. The van der Waals surface area contributed by atoms with E-state index in [1.54, 1.807) is 18.2 Å². The maximum atomic E-state index is 12.7. The van der Waals surface area contributed by atoms with Gasteiger partial charge in [-0.1, -0.05) is 32.4 Å². The van der Waals surface area contributed by atoms with Crippen LogP contribution in [0.4, 0.5) is 0 Å². The van der Waals surface area contributed by atoms with E-state index in [0.29, 0.717) is 18.6 Å². The number of amides is 1. The van der Waals surface area contributed by atoms with Gasteiger partial charge in [-0.15, -0.1) is 0 Å². The normalized spacial score (nSPS) is 24.7. The predicted molar refractivity (Wildman–Crippen MR) is 99.4 cm³/mol. The Labute approximate surface area is 159 Å². The van der Waals surface area contributed by atoms with Gasteiger partial charge in [0.1, 0.15) is 11.9 Å². The third-order valence-electron chi connectivity index (χ3n) is 4.81. The van der Waals surface area contributed by atoms with Gasteiger partial charge in [0.25, 0.3) is 15.9 Å². The zero-order valence-electron chi connectivity index (χ0n) is 15.5. The van der Waals surface area contributed by atoms with Crippen molar-refractivity contribution in [3.05, 3.63) is 29.8 Å². The summed E-state index contributed by atoms with van der Waals surface area (Å²) in [7, 11) is -3.65. The average Bonchev–Trinajstić information content (AvgIpc) is 2.95. The fraction of sp³-hybridized carbons (Fsp3) is 0.556. The number of nitrogens with zero attached hydrogens (tertiary/aromatic N) is 1. The maximum absolute atomic E-state index is 12.7. The van der Waals surface area contributed by atoms with Crippen LogP contribution >= 0.6 is 0 Å². The summed E-state index contributed by atoms with van der Waals surface area (Å²) in [5, 5.41) is 0. The molecular formula is C18H25N3O5S. The fourth-order valence-corrected chi connectivity index (χ4v) is 4.26. The Kier molecular flexibility index (Phi) is 6.13. The second-order valence-corrected chi connectivity index (χ2v) is 8.44. The maximum Gasteiger partial charge on any atom is 0.268 e. The number of carbonyl (C=O) groups is 1. The molecule has 1 saturated heterocycles. The van der Waals surface area contributed by atoms with E-state index in [-0.39, 0.29) is 16.6 Å². The molecule has 0 aromatic heterocycles. The molecule has 2 N–H and O–H groups in total. The molecule has 0 aliphatic carbocycles. The lowest BCUT2D eigenvalue weighted by Crippen LogP contribution is -2.41. The average molecular weight is 395 g/mol. The zero-order chi connectivity index (χ0) is 19.4. The third-order valence-corrected chi connectivity index (χ3v) is 6.21. The molecule has 1 fully saturated rings. The molecule has 0 bridgehead atoms. The number of amidine groups is 1. The van der Waals surface area contributed by atoms with Crippen LogP contribution in [0.3, 0.4) is 0 Å². The minimum absolute atomic E-state index is 0.106. The first-order valence-electron chi connectivity index (χ1n) is 9.19. The van der Waals surface area contributed by atoms with Crippen molar-refractivity contribution in [3.63, 3.8) is 0 Å². The number of sulfonamides is 1. The molecule has 3 atom stereocenters. The van der Waals surface area contributed by atoms with E-state index in [9.17, 15) is 13.2 Å². The molecule has 2 aliphatic rings. The van der Waals surface area contributed by atoms with Crippen molar-refractivity contribution >= 4 is 21.8 Å². The van der Waals surface area contributed by atoms with Gasteiger partial charge in [-0.25, -0.2) is 18.7 Å². The van der Waals surface area contributed by atoms with Crippen LogP contribution in [-0.2, 0) is 24.4 Å². The largest absolute Gasteiger partial charge is 0.350 e. The van der Waals surface area contributed by atoms with Crippen molar-refractivity contribution in [2.75, 3.05) is 6.61 Å². The highest BCUT2D eigenvalue weighted by Crippen LogP contribution is 2.24. The lowest BCUT2D eigenvalue weighted by atomic mass is 9.99. The van der Waals surface area contributed by atoms with Crippen LogP contribution in [0, 0.1) is 5.92 Å². The van der Waals surface area contributed by atoms with Crippen LogP contribution in [-0.4, -0.2) is 39.1 Å². The molecule has 27 heavy (non-hydrogen) atoms. The summed E-state index contributed by atoms with van der Waals surface area (Å²) in [6.45, 7) is 4.44. The molecule has 148 valence electrons. The number of benzene rings is 1. The van der Waals surface area contributed by atoms with Gasteiger partial charge in [0.15, 0.2) is 6.29 Å². The van der Waals surface area contributed by atoms with Crippen LogP contribution in [0.5, 0.6) is 0 Å². The lowest BCUT2D eigenvalue weighted by Gasteiger charge is -2.24. The molecule has 9 heteroatoms. The number of rotatable bonds is 6. The summed E-state index contributed by atoms with van der Waals surface area (Å²) in [6.07, 6.45) is 2.92. The molecule has 1 aromatic rings. The van der Waals surface area contributed by atoms with E-state index < -0.39 is 28.3 Å². The molecule has 0 saturated carbocycles. The van der Waals surface area contributed by atoms with Crippen LogP contribution in [0.15, 0.2) is 34.2 Å². The van der Waals surface area contributed by atoms with Gasteiger partial charge in [-0.2, -0.15) is 0 Å². The second kappa shape index (κ2) is 8.37. The highest BCUT2D eigenvalue weighted by molar-refractivity contribution is 7.90. The number of ether oxygens (including phenoxy) is 1. The quantitative estimate of drug-likeness (QED) is 0.714. The van der Waals surface area contributed by atoms with Gasteiger partial charge in [0.05, 0.1) is 4.90 Å². The van der Waals surface area contributed by atoms with Crippen molar-refractivity contribution in [2.24, 2.45) is 10.9 Å². The SMILES string of the molecule is CC[C@H](C)[C@H](N=C1NS(=O)(=O)c2ccccc21)C(=O)NO[C@@H]1CCCCO1. The zero-order valence-corrected chi connectivity index (χ0v) is 16.3. The molecule has 1 aromatic carbocycles. The molecule has 2 heterocycles. The minimum Gasteiger partial charge on any atom is -0.350 e. The van der Waals surface area contributed by atoms with Crippen molar-refractivity contribution in [1.29, 1.82) is 0 Å². The minimum atomic E-state index is -3.65. The first kappa shape index (κ1) is 19.8. The van der Waals surface area contributed by atoms with Crippen LogP contribution in [0.2, 0.25) is 0 Å². The Balaban J connectivity index is 1.79. The monoisotopic (exact) mass is 395 g/mol. The standard InChI is InChI=1S/C18H25N3O5S/c1-3-12(2)16(18(22)20-26-15-10-6-7-11-25-15)19-17-13-8-4-5-9-14(13)27(23,24)21-17/h4-5,8-9,12,15-16H,3,6-7,10-11H2,1-2H3,(H,19,21)(H,20,22)/t12-,15+,16-/m0/s1. The summed E-state index contributed by atoms with van der Waals surface area (Å²) < 4.78 is 32.4.